The van der Waals surface area contributed by atoms with E-state index < -0.39 is 23.3 Å². The minimum absolute atomic E-state index is 0.164. The van der Waals surface area contributed by atoms with Crippen LogP contribution in [0.5, 0.6) is 5.75 Å². The molecule has 0 fully saturated rings. The Hall–Kier alpha value is -1.37. The molecule has 0 aliphatic heterocycles. The second-order valence-electron chi connectivity index (χ2n) is 3.32. The molecule has 0 bridgehead atoms. The summed E-state index contributed by atoms with van der Waals surface area (Å²) in [4.78, 5) is 22.1. The van der Waals surface area contributed by atoms with Crippen LogP contribution in [-0.2, 0) is 6.18 Å². The van der Waals surface area contributed by atoms with Gasteiger partial charge in [-0.05, 0) is 12.1 Å². The van der Waals surface area contributed by atoms with Crippen molar-refractivity contribution in [3.05, 3.63) is 28.8 Å². The smallest absolute Gasteiger partial charge is 0.420 e. The van der Waals surface area contributed by atoms with Gasteiger partial charge in [0.1, 0.15) is 12.0 Å². The van der Waals surface area contributed by atoms with Crippen LogP contribution in [0.15, 0.2) is 12.1 Å². The fourth-order valence-corrected chi connectivity index (χ4v) is 1.73. The highest BCUT2D eigenvalue weighted by atomic mass is 79.9. The SMILES string of the molecule is COc1c(C(=O)CBr)cc(C=O)cc1C(F)(F)F. The lowest BCUT2D eigenvalue weighted by molar-refractivity contribution is -0.138. The molecule has 0 heterocycles. The van der Waals surface area contributed by atoms with E-state index in [9.17, 15) is 22.8 Å². The Kier molecular flexibility index (Phi) is 4.50. The van der Waals surface area contributed by atoms with Crippen LogP contribution in [-0.4, -0.2) is 24.5 Å². The third-order valence-corrected chi connectivity index (χ3v) is 2.69. The highest BCUT2D eigenvalue weighted by molar-refractivity contribution is 9.09. The maximum Gasteiger partial charge on any atom is 0.420 e. The van der Waals surface area contributed by atoms with Crippen LogP contribution in [0.25, 0.3) is 0 Å². The molecule has 0 amide bonds. The number of methoxy groups -OCH3 is 1. The van der Waals surface area contributed by atoms with Gasteiger partial charge in [0.05, 0.1) is 23.6 Å². The highest BCUT2D eigenvalue weighted by Gasteiger charge is 2.36. The first-order chi connectivity index (χ1) is 8.35. The van der Waals surface area contributed by atoms with Crippen LogP contribution >= 0.6 is 15.9 Å². The van der Waals surface area contributed by atoms with E-state index in [1.165, 1.54) is 0 Å². The zero-order chi connectivity index (χ0) is 13.9. The molecule has 0 saturated heterocycles. The Morgan fingerprint density at radius 1 is 1.44 bits per heavy atom. The van der Waals surface area contributed by atoms with E-state index in [0.717, 1.165) is 13.2 Å². The number of rotatable bonds is 4. The summed E-state index contributed by atoms with van der Waals surface area (Å²) >= 11 is 2.86. The number of Topliss-reactive ketones (excluding diaryl/α,β-unsaturated/α-hetero) is 1. The zero-order valence-corrected chi connectivity index (χ0v) is 10.8. The van der Waals surface area contributed by atoms with E-state index in [1.807, 2.05) is 0 Å². The molecule has 0 saturated carbocycles. The first-order valence-electron chi connectivity index (χ1n) is 4.68. The van der Waals surface area contributed by atoms with Crippen LogP contribution < -0.4 is 4.74 Å². The van der Waals surface area contributed by atoms with Crippen molar-refractivity contribution in [3.8, 4) is 5.75 Å². The van der Waals surface area contributed by atoms with Crippen molar-refractivity contribution in [2.75, 3.05) is 12.4 Å². The second kappa shape index (κ2) is 5.51. The fourth-order valence-electron chi connectivity index (χ4n) is 1.43. The zero-order valence-electron chi connectivity index (χ0n) is 9.18. The van der Waals surface area contributed by atoms with Crippen molar-refractivity contribution < 1.29 is 27.5 Å². The lowest BCUT2D eigenvalue weighted by atomic mass is 10.0. The molecular weight excluding hydrogens is 317 g/mol. The van der Waals surface area contributed by atoms with Crippen molar-refractivity contribution in [1.29, 1.82) is 0 Å². The van der Waals surface area contributed by atoms with E-state index in [0.29, 0.717) is 6.07 Å². The van der Waals surface area contributed by atoms with E-state index in [-0.39, 0.29) is 22.7 Å². The van der Waals surface area contributed by atoms with Gasteiger partial charge in [-0.15, -0.1) is 0 Å². The molecular formula is C11H8BrF3O3. The molecule has 0 spiro atoms. The molecule has 1 rings (SSSR count). The Balaban J connectivity index is 3.60. The number of ketones is 1. The topological polar surface area (TPSA) is 43.4 Å². The van der Waals surface area contributed by atoms with Gasteiger partial charge >= 0.3 is 6.18 Å². The van der Waals surface area contributed by atoms with Crippen LogP contribution in [0.2, 0.25) is 0 Å². The van der Waals surface area contributed by atoms with Crippen molar-refractivity contribution in [3.63, 3.8) is 0 Å². The molecule has 7 heteroatoms. The number of carbonyl (C=O) groups is 2. The van der Waals surface area contributed by atoms with Crippen LogP contribution in [0.3, 0.4) is 0 Å². The number of hydrogen-bond acceptors (Lipinski definition) is 3. The van der Waals surface area contributed by atoms with Gasteiger partial charge in [0, 0.05) is 5.56 Å². The lowest BCUT2D eigenvalue weighted by Gasteiger charge is -2.15. The fraction of sp³-hybridized carbons (Fsp3) is 0.273. The normalized spacial score (nSPS) is 11.2. The van der Waals surface area contributed by atoms with Crippen LogP contribution in [0.4, 0.5) is 13.2 Å². The molecule has 18 heavy (non-hydrogen) atoms. The van der Waals surface area contributed by atoms with Crippen molar-refractivity contribution in [2.24, 2.45) is 0 Å². The summed E-state index contributed by atoms with van der Waals surface area (Å²) < 4.78 is 43.0. The summed E-state index contributed by atoms with van der Waals surface area (Å²) in [7, 11) is 1.04. The molecule has 0 aromatic heterocycles. The standard InChI is InChI=1S/C11H8BrF3O3/c1-18-10-7(9(17)4-12)2-6(5-16)3-8(10)11(13,14)15/h2-3,5H,4H2,1H3. The number of benzene rings is 1. The number of halogens is 4. The van der Waals surface area contributed by atoms with E-state index in [4.69, 9.17) is 0 Å². The minimum atomic E-state index is -4.70. The highest BCUT2D eigenvalue weighted by Crippen LogP contribution is 2.39. The monoisotopic (exact) mass is 324 g/mol. The average molecular weight is 325 g/mol. The molecule has 0 aliphatic rings. The molecule has 0 N–H and O–H groups in total. The maximum absolute atomic E-state index is 12.8. The first kappa shape index (κ1) is 14.7. The van der Waals surface area contributed by atoms with Crippen molar-refractivity contribution in [2.45, 2.75) is 6.18 Å². The third-order valence-electron chi connectivity index (χ3n) is 2.18. The molecule has 0 aliphatic carbocycles. The molecule has 1 aromatic carbocycles. The van der Waals surface area contributed by atoms with Crippen molar-refractivity contribution in [1.82, 2.24) is 0 Å². The van der Waals surface area contributed by atoms with Gasteiger partial charge in [0.15, 0.2) is 5.78 Å². The minimum Gasteiger partial charge on any atom is -0.495 e. The Morgan fingerprint density at radius 3 is 2.44 bits per heavy atom. The van der Waals surface area contributed by atoms with Gasteiger partial charge in [0.2, 0.25) is 0 Å². The summed E-state index contributed by atoms with van der Waals surface area (Å²) in [6, 6.07) is 1.72. The first-order valence-corrected chi connectivity index (χ1v) is 5.80. The molecule has 1 aromatic rings. The van der Waals surface area contributed by atoms with Gasteiger partial charge in [-0.25, -0.2) is 0 Å². The Morgan fingerprint density at radius 2 is 2.06 bits per heavy atom. The predicted molar refractivity (Wildman–Crippen MR) is 61.5 cm³/mol. The summed E-state index contributed by atoms with van der Waals surface area (Å²) in [6.07, 6.45) is -4.45. The van der Waals surface area contributed by atoms with E-state index in [2.05, 4.69) is 20.7 Å². The summed E-state index contributed by atoms with van der Waals surface area (Å²) in [5.41, 5.74) is -1.64. The Labute approximate surface area is 109 Å². The number of carbonyl (C=O) groups excluding carboxylic acids is 2. The van der Waals surface area contributed by atoms with Crippen molar-refractivity contribution >= 4 is 28.0 Å². The number of aldehydes is 1. The van der Waals surface area contributed by atoms with Gasteiger partial charge in [0.25, 0.3) is 0 Å². The molecule has 0 unspecified atom stereocenters. The number of alkyl halides is 4. The molecule has 0 atom stereocenters. The van der Waals surface area contributed by atoms with Gasteiger partial charge in [-0.3, -0.25) is 9.59 Å². The Bertz CT molecular complexity index is 483. The average Bonchev–Trinajstić information content (AvgIpc) is 2.34. The lowest BCUT2D eigenvalue weighted by Crippen LogP contribution is -2.13. The quantitative estimate of drug-likeness (QED) is 0.485. The summed E-state index contributed by atoms with van der Waals surface area (Å²) in [5.74, 6) is -1.17. The largest absolute Gasteiger partial charge is 0.495 e. The third kappa shape index (κ3) is 2.90. The van der Waals surface area contributed by atoms with Crippen LogP contribution in [0.1, 0.15) is 26.3 Å². The predicted octanol–water partition coefficient (Wildman–Crippen LogP) is 3.10. The van der Waals surface area contributed by atoms with E-state index in [1.54, 1.807) is 0 Å². The number of ether oxygens (including phenoxy) is 1. The van der Waals surface area contributed by atoms with Crippen LogP contribution in [0, 0.1) is 0 Å². The molecule has 98 valence electrons. The molecule has 3 nitrogen and oxygen atoms in total. The maximum atomic E-state index is 12.8. The van der Waals surface area contributed by atoms with E-state index >= 15 is 0 Å². The van der Waals surface area contributed by atoms with Gasteiger partial charge in [-0.2, -0.15) is 13.2 Å². The van der Waals surface area contributed by atoms with Gasteiger partial charge < -0.3 is 4.74 Å². The number of hydrogen-bond donors (Lipinski definition) is 0. The summed E-state index contributed by atoms with van der Waals surface area (Å²) in [5, 5.41) is -0.164. The second-order valence-corrected chi connectivity index (χ2v) is 3.88. The van der Waals surface area contributed by atoms with Gasteiger partial charge in [-0.1, -0.05) is 15.9 Å². The summed E-state index contributed by atoms with van der Waals surface area (Å²) in [6.45, 7) is 0. The molecule has 0 radical (unpaired) electrons.